The molecule has 0 spiro atoms. The molecule has 0 unspecified atom stereocenters. The third kappa shape index (κ3) is 2.53. The minimum absolute atomic E-state index is 0.0596. The van der Waals surface area contributed by atoms with E-state index in [1.54, 1.807) is 6.92 Å². The zero-order valence-corrected chi connectivity index (χ0v) is 8.86. The average Bonchev–Trinajstić information content (AvgIpc) is 3.10. The van der Waals surface area contributed by atoms with Crippen molar-refractivity contribution in [2.24, 2.45) is 5.92 Å². The molecule has 1 heterocycles. The van der Waals surface area contributed by atoms with E-state index >= 15 is 0 Å². The number of carbonyl (C=O) groups is 2. The third-order valence-corrected chi connectivity index (χ3v) is 2.26. The number of hydrogen-bond donors (Lipinski definition) is 2. The molecule has 0 aliphatic heterocycles. The van der Waals surface area contributed by atoms with Crippen molar-refractivity contribution in [3.63, 3.8) is 0 Å². The highest BCUT2D eigenvalue weighted by Crippen LogP contribution is 2.28. The van der Waals surface area contributed by atoms with E-state index in [2.05, 4.69) is 20.8 Å². The number of carbonyl (C=O) groups excluding carboxylic acids is 2. The molecular weight excluding hydrogens is 208 g/mol. The summed E-state index contributed by atoms with van der Waals surface area (Å²) < 4.78 is 0. The highest BCUT2D eigenvalue weighted by Gasteiger charge is 2.29. The summed E-state index contributed by atoms with van der Waals surface area (Å²) in [7, 11) is 0. The largest absolute Gasteiger partial charge is 0.289 e. The molecule has 2 amide bonds. The summed E-state index contributed by atoms with van der Waals surface area (Å²) in [4.78, 5) is 30.5. The number of nitrogens with one attached hydrogen (secondary N) is 2. The molecule has 0 saturated heterocycles. The normalized spacial score (nSPS) is 14.3. The monoisotopic (exact) mass is 220 g/mol. The van der Waals surface area contributed by atoms with Gasteiger partial charge in [-0.05, 0) is 19.8 Å². The Balaban J connectivity index is 1.87. The van der Waals surface area contributed by atoms with Crippen LogP contribution in [0.2, 0.25) is 0 Å². The summed E-state index contributed by atoms with van der Waals surface area (Å²) in [6.07, 6.45) is 4.66. The van der Waals surface area contributed by atoms with Crippen LogP contribution in [0, 0.1) is 12.8 Å². The first-order chi connectivity index (χ1) is 7.66. The number of rotatable bonds is 2. The van der Waals surface area contributed by atoms with Crippen molar-refractivity contribution < 1.29 is 9.59 Å². The maximum atomic E-state index is 11.5. The van der Waals surface area contributed by atoms with E-state index in [4.69, 9.17) is 0 Å². The Morgan fingerprint density at radius 3 is 2.56 bits per heavy atom. The van der Waals surface area contributed by atoms with Crippen molar-refractivity contribution >= 4 is 11.8 Å². The lowest BCUT2D eigenvalue weighted by molar-refractivity contribution is -0.123. The summed E-state index contributed by atoms with van der Waals surface area (Å²) in [5, 5.41) is 0. The van der Waals surface area contributed by atoms with Gasteiger partial charge in [0.05, 0.1) is 11.9 Å². The lowest BCUT2D eigenvalue weighted by atomic mass is 10.4. The highest BCUT2D eigenvalue weighted by molar-refractivity contribution is 5.93. The first kappa shape index (κ1) is 10.5. The summed E-state index contributed by atoms with van der Waals surface area (Å²) in [5.41, 5.74) is 5.57. The fourth-order valence-corrected chi connectivity index (χ4v) is 1.14. The van der Waals surface area contributed by atoms with Gasteiger partial charge in [0.15, 0.2) is 0 Å². The van der Waals surface area contributed by atoms with Crippen LogP contribution >= 0.6 is 0 Å². The molecule has 2 rings (SSSR count). The van der Waals surface area contributed by atoms with Gasteiger partial charge in [-0.2, -0.15) is 0 Å². The number of nitrogens with zero attached hydrogens (tertiary/aromatic N) is 2. The Hall–Kier alpha value is -1.98. The van der Waals surface area contributed by atoms with Gasteiger partial charge < -0.3 is 0 Å². The number of amides is 2. The minimum atomic E-state index is -0.457. The van der Waals surface area contributed by atoms with Crippen molar-refractivity contribution in [3.05, 3.63) is 23.8 Å². The molecule has 0 atom stereocenters. The van der Waals surface area contributed by atoms with Gasteiger partial charge in [0.1, 0.15) is 5.69 Å². The molecule has 0 aromatic carbocycles. The van der Waals surface area contributed by atoms with E-state index in [-0.39, 0.29) is 17.5 Å². The van der Waals surface area contributed by atoms with Gasteiger partial charge in [0, 0.05) is 12.1 Å². The van der Waals surface area contributed by atoms with Crippen molar-refractivity contribution in [1.29, 1.82) is 0 Å². The van der Waals surface area contributed by atoms with E-state index in [1.165, 1.54) is 12.4 Å². The molecule has 0 bridgehead atoms. The molecule has 1 aromatic heterocycles. The molecule has 1 aliphatic carbocycles. The standard InChI is InChI=1S/C10H12N4O2/c1-6-4-12-8(5-11-6)10(16)14-13-9(15)7-2-3-7/h4-5,7H,2-3H2,1H3,(H,13,15)(H,14,16). The van der Waals surface area contributed by atoms with E-state index < -0.39 is 5.91 Å². The maximum Gasteiger partial charge on any atom is 0.289 e. The minimum Gasteiger partial charge on any atom is -0.273 e. The van der Waals surface area contributed by atoms with Crippen LogP contribution in [0.1, 0.15) is 29.0 Å². The number of hydrogen-bond acceptors (Lipinski definition) is 4. The predicted molar refractivity (Wildman–Crippen MR) is 55.1 cm³/mol. The average molecular weight is 220 g/mol. The van der Waals surface area contributed by atoms with Crippen molar-refractivity contribution in [2.45, 2.75) is 19.8 Å². The Kier molecular flexibility index (Phi) is 2.80. The molecule has 1 fully saturated rings. The van der Waals surface area contributed by atoms with Crippen LogP contribution in [-0.2, 0) is 4.79 Å². The van der Waals surface area contributed by atoms with Gasteiger partial charge in [0.25, 0.3) is 5.91 Å². The summed E-state index contributed by atoms with van der Waals surface area (Å²) in [6, 6.07) is 0. The predicted octanol–water partition coefficient (Wildman–Crippen LogP) is -0.0440. The van der Waals surface area contributed by atoms with E-state index in [0.29, 0.717) is 0 Å². The van der Waals surface area contributed by atoms with Gasteiger partial charge in [-0.1, -0.05) is 0 Å². The maximum absolute atomic E-state index is 11.5. The smallest absolute Gasteiger partial charge is 0.273 e. The fraction of sp³-hybridized carbons (Fsp3) is 0.400. The topological polar surface area (TPSA) is 84.0 Å². The molecule has 0 radical (unpaired) electrons. The van der Waals surface area contributed by atoms with Gasteiger partial charge in [-0.25, -0.2) is 4.98 Å². The third-order valence-electron chi connectivity index (χ3n) is 2.26. The van der Waals surface area contributed by atoms with Crippen molar-refractivity contribution in [3.8, 4) is 0 Å². The second kappa shape index (κ2) is 4.26. The SMILES string of the molecule is Cc1cnc(C(=O)NNC(=O)C2CC2)cn1. The van der Waals surface area contributed by atoms with Crippen LogP contribution in [0.5, 0.6) is 0 Å². The van der Waals surface area contributed by atoms with Crippen molar-refractivity contribution in [1.82, 2.24) is 20.8 Å². The zero-order valence-electron chi connectivity index (χ0n) is 8.86. The molecule has 1 saturated carbocycles. The molecule has 2 N–H and O–H groups in total. The molecular formula is C10H12N4O2. The molecule has 6 nitrogen and oxygen atoms in total. The Labute approximate surface area is 92.4 Å². The van der Waals surface area contributed by atoms with Crippen LogP contribution < -0.4 is 10.9 Å². The molecule has 84 valence electrons. The van der Waals surface area contributed by atoms with Gasteiger partial charge >= 0.3 is 0 Å². The Morgan fingerprint density at radius 1 is 1.25 bits per heavy atom. The van der Waals surface area contributed by atoms with Gasteiger partial charge in [0.2, 0.25) is 5.91 Å². The van der Waals surface area contributed by atoms with Crippen LogP contribution in [0.4, 0.5) is 0 Å². The Morgan fingerprint density at radius 2 is 2.00 bits per heavy atom. The van der Waals surface area contributed by atoms with Crippen LogP contribution in [0.25, 0.3) is 0 Å². The fourth-order valence-electron chi connectivity index (χ4n) is 1.14. The second-order valence-corrected chi connectivity index (χ2v) is 3.76. The first-order valence-electron chi connectivity index (χ1n) is 5.05. The lowest BCUT2D eigenvalue weighted by Gasteiger charge is -2.05. The number of hydrazine groups is 1. The molecule has 6 heteroatoms. The second-order valence-electron chi connectivity index (χ2n) is 3.76. The van der Waals surface area contributed by atoms with Crippen LogP contribution in [0.3, 0.4) is 0 Å². The summed E-state index contributed by atoms with van der Waals surface area (Å²) in [6.45, 7) is 1.78. The lowest BCUT2D eigenvalue weighted by Crippen LogP contribution is -2.42. The molecule has 1 aliphatic rings. The quantitative estimate of drug-likeness (QED) is 0.685. The summed E-state index contributed by atoms with van der Waals surface area (Å²) >= 11 is 0. The van der Waals surface area contributed by atoms with E-state index in [0.717, 1.165) is 18.5 Å². The first-order valence-corrected chi connectivity index (χ1v) is 5.05. The van der Waals surface area contributed by atoms with Gasteiger partial charge in [-0.3, -0.25) is 25.4 Å². The van der Waals surface area contributed by atoms with E-state index in [9.17, 15) is 9.59 Å². The summed E-state index contributed by atoms with van der Waals surface area (Å²) in [5.74, 6) is -0.542. The molecule has 16 heavy (non-hydrogen) atoms. The Bertz CT molecular complexity index is 411. The van der Waals surface area contributed by atoms with Crippen LogP contribution in [0.15, 0.2) is 12.4 Å². The number of aromatic nitrogens is 2. The highest BCUT2D eigenvalue weighted by atomic mass is 16.2. The molecule has 1 aromatic rings. The zero-order chi connectivity index (χ0) is 11.5. The van der Waals surface area contributed by atoms with Gasteiger partial charge in [-0.15, -0.1) is 0 Å². The van der Waals surface area contributed by atoms with Crippen molar-refractivity contribution in [2.75, 3.05) is 0 Å². The number of aryl methyl sites for hydroxylation is 1. The van der Waals surface area contributed by atoms with E-state index in [1.807, 2.05) is 0 Å². The van der Waals surface area contributed by atoms with Crippen LogP contribution in [-0.4, -0.2) is 21.8 Å².